The first-order valence-corrected chi connectivity index (χ1v) is 8.15. The summed E-state index contributed by atoms with van der Waals surface area (Å²) < 4.78 is 15.3. The maximum Gasteiger partial charge on any atom is 0.152 e. The fourth-order valence-corrected chi connectivity index (χ4v) is 2.55. The number of hydrogen-bond donors (Lipinski definition) is 0. The topological polar surface area (TPSA) is 28.0 Å². The molecule has 0 aliphatic heterocycles. The van der Waals surface area contributed by atoms with Gasteiger partial charge in [-0.05, 0) is 59.0 Å². The number of anilines is 1. The molecule has 3 nitrogen and oxygen atoms in total. The Hall–Kier alpha value is -2.02. The van der Waals surface area contributed by atoms with E-state index in [0.717, 1.165) is 9.26 Å². The third-order valence-corrected chi connectivity index (χ3v) is 3.75. The monoisotopic (exact) mass is 421 g/mol. The fraction of sp³-hybridized carbons (Fsp3) is 0.111. The maximum atomic E-state index is 14.2. The molecule has 0 saturated carbocycles. The summed E-state index contributed by atoms with van der Waals surface area (Å²) in [5, 5.41) is 8.08. The first-order valence-electron chi connectivity index (χ1n) is 7.07. The van der Waals surface area contributed by atoms with Gasteiger partial charge in [-0.15, -0.1) is 18.3 Å². The Morgan fingerprint density at radius 3 is 2.39 bits per heavy atom. The molecule has 2 aromatic carbocycles. The van der Waals surface area contributed by atoms with E-state index >= 15 is 0 Å². The van der Waals surface area contributed by atoms with E-state index in [9.17, 15) is 4.39 Å². The molecule has 0 bridgehead atoms. The minimum absolute atomic E-state index is 0.213. The number of azo groups is 1. The molecule has 0 unspecified atom stereocenters. The van der Waals surface area contributed by atoms with Crippen LogP contribution in [0.3, 0.4) is 0 Å². The van der Waals surface area contributed by atoms with Gasteiger partial charge >= 0.3 is 0 Å². The molecule has 23 heavy (non-hydrogen) atoms. The first-order chi connectivity index (χ1) is 11.1. The Bertz CT molecular complexity index is 718. The van der Waals surface area contributed by atoms with Crippen molar-refractivity contribution in [3.8, 4) is 0 Å². The Morgan fingerprint density at radius 2 is 1.78 bits per heavy atom. The number of nitrogens with zero attached hydrogens (tertiary/aromatic N) is 3. The molecular formula is C18H17FIN3. The fourth-order valence-electron chi connectivity index (χ4n) is 2.02. The van der Waals surface area contributed by atoms with Gasteiger partial charge in [0.25, 0.3) is 0 Å². The average Bonchev–Trinajstić information content (AvgIpc) is 2.53. The molecule has 0 radical (unpaired) electrons. The molecule has 2 rings (SSSR count). The zero-order valence-corrected chi connectivity index (χ0v) is 14.8. The quantitative estimate of drug-likeness (QED) is 0.305. The van der Waals surface area contributed by atoms with Crippen LogP contribution in [0.25, 0.3) is 0 Å². The van der Waals surface area contributed by atoms with Crippen LogP contribution in [0, 0.1) is 9.39 Å². The summed E-state index contributed by atoms with van der Waals surface area (Å²) in [5.74, 6) is -0.407. The van der Waals surface area contributed by atoms with Crippen molar-refractivity contribution in [1.82, 2.24) is 0 Å². The summed E-state index contributed by atoms with van der Waals surface area (Å²) in [6.07, 6.45) is 3.54. The van der Waals surface area contributed by atoms with E-state index in [0.29, 0.717) is 18.8 Å². The number of hydrogen-bond acceptors (Lipinski definition) is 3. The molecule has 0 amide bonds. The van der Waals surface area contributed by atoms with E-state index in [-0.39, 0.29) is 5.69 Å². The van der Waals surface area contributed by atoms with Crippen LogP contribution in [0.2, 0.25) is 0 Å². The second-order valence-electron chi connectivity index (χ2n) is 4.80. The highest BCUT2D eigenvalue weighted by Gasteiger charge is 2.08. The van der Waals surface area contributed by atoms with Crippen molar-refractivity contribution in [3.63, 3.8) is 0 Å². The third kappa shape index (κ3) is 4.99. The molecule has 0 N–H and O–H groups in total. The van der Waals surface area contributed by atoms with Crippen LogP contribution in [0.5, 0.6) is 0 Å². The van der Waals surface area contributed by atoms with E-state index in [1.807, 2.05) is 35.2 Å². The predicted octanol–water partition coefficient (Wildman–Crippen LogP) is 6.02. The molecule has 0 heterocycles. The van der Waals surface area contributed by atoms with Crippen LogP contribution < -0.4 is 4.90 Å². The molecule has 2 aromatic rings. The molecule has 0 aliphatic carbocycles. The molecule has 5 heteroatoms. The van der Waals surface area contributed by atoms with Gasteiger partial charge in [0.2, 0.25) is 0 Å². The van der Waals surface area contributed by atoms with Crippen LogP contribution in [-0.4, -0.2) is 13.1 Å². The smallest absolute Gasteiger partial charge is 0.152 e. The average molecular weight is 421 g/mol. The molecule has 0 atom stereocenters. The Labute approximate surface area is 149 Å². The Balaban J connectivity index is 2.21. The lowest BCUT2D eigenvalue weighted by molar-refractivity contribution is 0.628. The Morgan fingerprint density at radius 1 is 1.04 bits per heavy atom. The summed E-state index contributed by atoms with van der Waals surface area (Å²) in [6.45, 7) is 8.67. The van der Waals surface area contributed by atoms with E-state index in [2.05, 4.69) is 46.0 Å². The van der Waals surface area contributed by atoms with Crippen LogP contribution in [0.15, 0.2) is 78.0 Å². The van der Waals surface area contributed by atoms with Crippen molar-refractivity contribution < 1.29 is 4.39 Å². The summed E-state index contributed by atoms with van der Waals surface area (Å²) in [4.78, 5) is 1.96. The maximum absolute atomic E-state index is 14.2. The highest BCUT2D eigenvalue weighted by atomic mass is 127. The van der Waals surface area contributed by atoms with Gasteiger partial charge in [-0.3, -0.25) is 0 Å². The van der Waals surface area contributed by atoms with E-state index in [4.69, 9.17) is 0 Å². The largest absolute Gasteiger partial charge is 0.364 e. The van der Waals surface area contributed by atoms with Crippen molar-refractivity contribution in [2.24, 2.45) is 10.2 Å². The van der Waals surface area contributed by atoms with Gasteiger partial charge < -0.3 is 4.90 Å². The standard InChI is InChI=1S/C18H17FIN3/c1-3-10-23(11-4-2)16-8-9-18(17(19)13-16)22-21-15-7-5-6-14(20)12-15/h3-9,12-13H,1-2,10-11H2. The first kappa shape index (κ1) is 17.3. The highest BCUT2D eigenvalue weighted by Crippen LogP contribution is 2.26. The molecule has 118 valence electrons. The van der Waals surface area contributed by atoms with Crippen molar-refractivity contribution in [3.05, 3.63) is 77.2 Å². The van der Waals surface area contributed by atoms with Crippen LogP contribution in [0.4, 0.5) is 21.5 Å². The van der Waals surface area contributed by atoms with Gasteiger partial charge in [0, 0.05) is 22.3 Å². The SMILES string of the molecule is C=CCN(CC=C)c1ccc(N=Nc2cccc(I)c2)c(F)c1. The van der Waals surface area contributed by atoms with Crippen LogP contribution >= 0.6 is 22.6 Å². The number of halogens is 2. The third-order valence-electron chi connectivity index (χ3n) is 3.08. The molecule has 0 saturated heterocycles. The molecule has 0 fully saturated rings. The lowest BCUT2D eigenvalue weighted by atomic mass is 10.2. The summed E-state index contributed by atoms with van der Waals surface area (Å²) in [6, 6.07) is 12.5. The second-order valence-corrected chi connectivity index (χ2v) is 6.04. The lowest BCUT2D eigenvalue weighted by Gasteiger charge is -2.21. The van der Waals surface area contributed by atoms with Crippen molar-refractivity contribution in [1.29, 1.82) is 0 Å². The van der Waals surface area contributed by atoms with Crippen molar-refractivity contribution in [2.45, 2.75) is 0 Å². The van der Waals surface area contributed by atoms with Gasteiger partial charge in [0.15, 0.2) is 5.82 Å². The highest BCUT2D eigenvalue weighted by molar-refractivity contribution is 14.1. The van der Waals surface area contributed by atoms with Crippen molar-refractivity contribution in [2.75, 3.05) is 18.0 Å². The van der Waals surface area contributed by atoms with Gasteiger partial charge in [-0.1, -0.05) is 18.2 Å². The summed E-state index contributed by atoms with van der Waals surface area (Å²) >= 11 is 2.20. The summed E-state index contributed by atoms with van der Waals surface area (Å²) in [5.41, 5.74) is 1.67. The number of benzene rings is 2. The second kappa shape index (κ2) is 8.57. The van der Waals surface area contributed by atoms with Gasteiger partial charge in [0.1, 0.15) is 5.69 Å². The molecule has 0 aromatic heterocycles. The molecule has 0 aliphatic rings. The van der Waals surface area contributed by atoms with Gasteiger partial charge in [0.05, 0.1) is 5.69 Å². The number of rotatable bonds is 7. The zero-order valence-electron chi connectivity index (χ0n) is 12.6. The lowest BCUT2D eigenvalue weighted by Crippen LogP contribution is -2.23. The van der Waals surface area contributed by atoms with Crippen LogP contribution in [0.1, 0.15) is 0 Å². The molecular weight excluding hydrogens is 404 g/mol. The van der Waals surface area contributed by atoms with Crippen LogP contribution in [-0.2, 0) is 0 Å². The van der Waals surface area contributed by atoms with E-state index < -0.39 is 5.82 Å². The van der Waals surface area contributed by atoms with E-state index in [1.54, 1.807) is 18.2 Å². The predicted molar refractivity (Wildman–Crippen MR) is 102 cm³/mol. The summed E-state index contributed by atoms with van der Waals surface area (Å²) in [7, 11) is 0. The minimum atomic E-state index is -0.407. The van der Waals surface area contributed by atoms with Crippen molar-refractivity contribution >= 4 is 39.7 Å². The van der Waals surface area contributed by atoms with Gasteiger partial charge in [-0.2, -0.15) is 5.11 Å². The Kier molecular flexibility index (Phi) is 6.46. The minimum Gasteiger partial charge on any atom is -0.364 e. The van der Waals surface area contributed by atoms with Gasteiger partial charge in [-0.25, -0.2) is 4.39 Å². The van der Waals surface area contributed by atoms with E-state index in [1.165, 1.54) is 6.07 Å². The zero-order chi connectivity index (χ0) is 16.7. The molecule has 0 spiro atoms. The normalized spacial score (nSPS) is 10.7.